The summed E-state index contributed by atoms with van der Waals surface area (Å²) in [7, 11) is 0. The fraction of sp³-hybridized carbons (Fsp3) is 0.750. The van der Waals surface area contributed by atoms with E-state index >= 15 is 0 Å². The second-order valence-electron chi connectivity index (χ2n) is 4.50. The van der Waals surface area contributed by atoms with Crippen molar-refractivity contribution in [3.8, 4) is 0 Å². The van der Waals surface area contributed by atoms with Crippen molar-refractivity contribution in [2.24, 2.45) is 11.8 Å². The highest BCUT2D eigenvalue weighted by atomic mass is 16.6. The lowest BCUT2D eigenvalue weighted by molar-refractivity contribution is -0.156. The van der Waals surface area contributed by atoms with Crippen LogP contribution in [-0.4, -0.2) is 30.4 Å². The number of hydrogen-bond donors (Lipinski definition) is 0. The van der Waals surface area contributed by atoms with Crippen molar-refractivity contribution in [2.45, 2.75) is 38.7 Å². The predicted molar refractivity (Wildman–Crippen MR) is 57.0 cm³/mol. The summed E-state index contributed by atoms with van der Waals surface area (Å²) in [4.78, 5) is 34.9. The Hall–Kier alpha value is -1.39. The summed E-state index contributed by atoms with van der Waals surface area (Å²) in [6.07, 6.45) is 1.87. The van der Waals surface area contributed by atoms with Gasteiger partial charge >= 0.3 is 11.9 Å². The molecule has 2 rings (SSSR count). The minimum absolute atomic E-state index is 0.102. The molecule has 1 saturated heterocycles. The number of rotatable bonds is 2. The first-order valence-corrected chi connectivity index (χ1v) is 6.02. The van der Waals surface area contributed by atoms with Crippen molar-refractivity contribution >= 4 is 17.7 Å². The number of ketones is 1. The second-order valence-corrected chi connectivity index (χ2v) is 4.50. The van der Waals surface area contributed by atoms with Crippen molar-refractivity contribution in [3.05, 3.63) is 0 Å². The van der Waals surface area contributed by atoms with E-state index in [0.717, 1.165) is 6.42 Å². The summed E-state index contributed by atoms with van der Waals surface area (Å²) < 4.78 is 10.1. The molecular formula is C12H16O5. The number of hydrogen-bond acceptors (Lipinski definition) is 5. The molecule has 94 valence electrons. The van der Waals surface area contributed by atoms with Gasteiger partial charge in [-0.1, -0.05) is 0 Å². The van der Waals surface area contributed by atoms with E-state index in [1.165, 1.54) is 0 Å². The largest absolute Gasteiger partial charge is 0.465 e. The molecule has 0 spiro atoms. The summed E-state index contributed by atoms with van der Waals surface area (Å²) in [5, 5.41) is 0. The molecule has 2 aliphatic rings. The maximum atomic E-state index is 11.7. The normalized spacial score (nSPS) is 32.6. The molecule has 5 heteroatoms. The van der Waals surface area contributed by atoms with Gasteiger partial charge in [0.15, 0.2) is 5.92 Å². The summed E-state index contributed by atoms with van der Waals surface area (Å²) in [5.41, 5.74) is 0. The van der Waals surface area contributed by atoms with Crippen molar-refractivity contribution in [1.82, 2.24) is 0 Å². The topological polar surface area (TPSA) is 69.7 Å². The zero-order valence-corrected chi connectivity index (χ0v) is 9.81. The summed E-state index contributed by atoms with van der Waals surface area (Å²) in [6, 6.07) is 0. The molecule has 0 unspecified atom stereocenters. The SMILES string of the molecule is CCOC(=O)[C@H]1C(=O)O[C@H]2CCCC(=O)C[C@H]12. The van der Waals surface area contributed by atoms with E-state index in [1.54, 1.807) is 6.92 Å². The van der Waals surface area contributed by atoms with Crippen LogP contribution in [-0.2, 0) is 23.9 Å². The average molecular weight is 240 g/mol. The molecule has 1 heterocycles. The molecule has 17 heavy (non-hydrogen) atoms. The van der Waals surface area contributed by atoms with Crippen molar-refractivity contribution in [2.75, 3.05) is 6.61 Å². The van der Waals surface area contributed by atoms with Crippen LogP contribution < -0.4 is 0 Å². The Labute approximate surface area is 99.5 Å². The molecule has 0 bridgehead atoms. The average Bonchev–Trinajstić information content (AvgIpc) is 2.44. The van der Waals surface area contributed by atoms with Crippen molar-refractivity contribution < 1.29 is 23.9 Å². The van der Waals surface area contributed by atoms with Gasteiger partial charge in [-0.25, -0.2) is 0 Å². The third-order valence-corrected chi connectivity index (χ3v) is 3.38. The smallest absolute Gasteiger partial charge is 0.321 e. The fourth-order valence-electron chi connectivity index (χ4n) is 2.59. The number of Topliss-reactive ketones (excluding diaryl/α,β-unsaturated/α-hetero) is 1. The molecule has 0 aromatic rings. The third kappa shape index (κ3) is 2.33. The van der Waals surface area contributed by atoms with Gasteiger partial charge in [0.2, 0.25) is 0 Å². The van der Waals surface area contributed by atoms with Gasteiger partial charge in [-0.05, 0) is 19.8 Å². The van der Waals surface area contributed by atoms with E-state index in [4.69, 9.17) is 9.47 Å². The fourth-order valence-corrected chi connectivity index (χ4v) is 2.59. The number of carbonyl (C=O) groups is 3. The van der Waals surface area contributed by atoms with Crippen LogP contribution in [0.3, 0.4) is 0 Å². The summed E-state index contributed by atoms with van der Waals surface area (Å²) in [5.74, 6) is -2.21. The van der Waals surface area contributed by atoms with E-state index < -0.39 is 17.9 Å². The molecule has 1 aliphatic carbocycles. The van der Waals surface area contributed by atoms with Crippen LogP contribution >= 0.6 is 0 Å². The van der Waals surface area contributed by atoms with Crippen LogP contribution in [0.1, 0.15) is 32.6 Å². The molecule has 5 nitrogen and oxygen atoms in total. The van der Waals surface area contributed by atoms with Crippen LogP contribution in [0.4, 0.5) is 0 Å². The van der Waals surface area contributed by atoms with Gasteiger partial charge in [0.05, 0.1) is 6.61 Å². The zero-order valence-electron chi connectivity index (χ0n) is 9.81. The quantitative estimate of drug-likeness (QED) is 0.528. The number of ether oxygens (including phenoxy) is 2. The maximum absolute atomic E-state index is 11.7. The number of carbonyl (C=O) groups excluding carboxylic acids is 3. The molecule has 2 fully saturated rings. The standard InChI is InChI=1S/C12H16O5/c1-2-16-11(14)10-8-6-7(13)4-3-5-9(8)17-12(10)15/h8-10H,2-6H2,1H3/t8-,9-,10-/m0/s1. The van der Waals surface area contributed by atoms with Gasteiger partial charge in [-0.2, -0.15) is 0 Å². The lowest BCUT2D eigenvalue weighted by Crippen LogP contribution is -2.30. The third-order valence-electron chi connectivity index (χ3n) is 3.38. The Bertz CT molecular complexity index is 349. The van der Waals surface area contributed by atoms with Gasteiger partial charge in [-0.3, -0.25) is 14.4 Å². The van der Waals surface area contributed by atoms with Gasteiger partial charge in [-0.15, -0.1) is 0 Å². The first-order chi connectivity index (χ1) is 8.13. The van der Waals surface area contributed by atoms with Gasteiger partial charge in [0.25, 0.3) is 0 Å². The summed E-state index contributed by atoms with van der Waals surface area (Å²) >= 11 is 0. The first-order valence-electron chi connectivity index (χ1n) is 6.02. The highest BCUT2D eigenvalue weighted by Crippen LogP contribution is 2.37. The molecule has 1 saturated carbocycles. The van der Waals surface area contributed by atoms with Gasteiger partial charge in [0.1, 0.15) is 11.9 Å². The zero-order chi connectivity index (χ0) is 12.4. The van der Waals surface area contributed by atoms with E-state index in [9.17, 15) is 14.4 Å². The summed E-state index contributed by atoms with van der Waals surface area (Å²) in [6.45, 7) is 1.92. The monoisotopic (exact) mass is 240 g/mol. The predicted octanol–water partition coefficient (Wildman–Crippen LogP) is 0.850. The molecular weight excluding hydrogens is 224 g/mol. The van der Waals surface area contributed by atoms with Crippen LogP contribution in [0.5, 0.6) is 0 Å². The molecule has 0 aromatic heterocycles. The lowest BCUT2D eigenvalue weighted by atomic mass is 9.86. The Kier molecular flexibility index (Phi) is 3.45. The van der Waals surface area contributed by atoms with E-state index in [0.29, 0.717) is 12.8 Å². The minimum atomic E-state index is -0.901. The minimum Gasteiger partial charge on any atom is -0.465 e. The van der Waals surface area contributed by atoms with Crippen molar-refractivity contribution in [1.29, 1.82) is 0 Å². The Balaban J connectivity index is 2.16. The van der Waals surface area contributed by atoms with Crippen LogP contribution in [0, 0.1) is 11.8 Å². The molecule has 0 N–H and O–H groups in total. The maximum Gasteiger partial charge on any atom is 0.321 e. The lowest BCUT2D eigenvalue weighted by Gasteiger charge is -2.16. The van der Waals surface area contributed by atoms with E-state index in [1.807, 2.05) is 0 Å². The van der Waals surface area contributed by atoms with Gasteiger partial charge < -0.3 is 9.47 Å². The Morgan fingerprint density at radius 2 is 2.24 bits per heavy atom. The molecule has 0 aromatic carbocycles. The van der Waals surface area contributed by atoms with Crippen LogP contribution in [0.25, 0.3) is 0 Å². The highest BCUT2D eigenvalue weighted by Gasteiger charge is 2.50. The molecule has 3 atom stereocenters. The molecule has 0 radical (unpaired) electrons. The van der Waals surface area contributed by atoms with E-state index in [2.05, 4.69) is 0 Å². The molecule has 0 amide bonds. The van der Waals surface area contributed by atoms with Gasteiger partial charge in [0, 0.05) is 18.8 Å². The highest BCUT2D eigenvalue weighted by molar-refractivity contribution is 5.97. The van der Waals surface area contributed by atoms with E-state index in [-0.39, 0.29) is 30.8 Å². The molecule has 1 aliphatic heterocycles. The number of esters is 2. The Morgan fingerprint density at radius 1 is 1.47 bits per heavy atom. The van der Waals surface area contributed by atoms with Crippen molar-refractivity contribution in [3.63, 3.8) is 0 Å². The first kappa shape index (κ1) is 12.1. The Morgan fingerprint density at radius 3 is 2.94 bits per heavy atom. The second kappa shape index (κ2) is 4.85. The van der Waals surface area contributed by atoms with Crippen LogP contribution in [0.15, 0.2) is 0 Å². The van der Waals surface area contributed by atoms with Crippen LogP contribution in [0.2, 0.25) is 0 Å². The number of fused-ring (bicyclic) bond motifs is 1.